The van der Waals surface area contributed by atoms with Crippen molar-refractivity contribution in [2.45, 2.75) is 12.4 Å². The average molecular weight is 314 g/mol. The van der Waals surface area contributed by atoms with Gasteiger partial charge in [0, 0.05) is 24.8 Å². The second-order valence-corrected chi connectivity index (χ2v) is 5.72. The Bertz CT molecular complexity index is 685. The summed E-state index contributed by atoms with van der Waals surface area (Å²) in [6.07, 6.45) is 4.82. The molecule has 0 unspecified atom stereocenters. The van der Waals surface area contributed by atoms with Crippen LogP contribution in [-0.4, -0.2) is 59.3 Å². The van der Waals surface area contributed by atoms with Gasteiger partial charge in [-0.3, -0.25) is 14.9 Å². The summed E-state index contributed by atoms with van der Waals surface area (Å²) in [5, 5.41) is 0. The minimum Gasteiger partial charge on any atom is -0.471 e. The third-order valence-electron chi connectivity index (χ3n) is 3.89. The zero-order valence-corrected chi connectivity index (χ0v) is 12.9. The van der Waals surface area contributed by atoms with Crippen LogP contribution in [0.15, 0.2) is 30.7 Å². The van der Waals surface area contributed by atoms with Crippen molar-refractivity contribution in [1.29, 1.82) is 0 Å². The van der Waals surface area contributed by atoms with Crippen molar-refractivity contribution in [1.82, 2.24) is 19.9 Å². The lowest BCUT2D eigenvalue weighted by atomic mass is 10.1. The first kappa shape index (κ1) is 14.5. The summed E-state index contributed by atoms with van der Waals surface area (Å²) in [5.41, 5.74) is 2.23. The maximum Gasteiger partial charge on any atom is 0.233 e. The van der Waals surface area contributed by atoms with Gasteiger partial charge in [-0.25, -0.2) is 4.98 Å². The zero-order chi connectivity index (χ0) is 15.6. The normalized spacial score (nSPS) is 19.7. The van der Waals surface area contributed by atoms with E-state index in [4.69, 9.17) is 14.2 Å². The van der Waals surface area contributed by atoms with Gasteiger partial charge in [0.2, 0.25) is 5.88 Å². The van der Waals surface area contributed by atoms with E-state index in [-0.39, 0.29) is 6.10 Å². The van der Waals surface area contributed by atoms with Crippen molar-refractivity contribution in [3.63, 3.8) is 0 Å². The van der Waals surface area contributed by atoms with Crippen LogP contribution in [0, 0.1) is 0 Å². The van der Waals surface area contributed by atoms with Gasteiger partial charge >= 0.3 is 0 Å². The highest BCUT2D eigenvalue weighted by Crippen LogP contribution is 2.30. The number of pyridine rings is 1. The highest BCUT2D eigenvalue weighted by atomic mass is 16.7. The molecule has 2 saturated heterocycles. The van der Waals surface area contributed by atoms with E-state index in [9.17, 15) is 0 Å². The lowest BCUT2D eigenvalue weighted by Gasteiger charge is -2.35. The molecule has 2 fully saturated rings. The van der Waals surface area contributed by atoms with Gasteiger partial charge in [-0.1, -0.05) is 6.07 Å². The summed E-state index contributed by atoms with van der Waals surface area (Å²) in [6, 6.07) is 3.80. The predicted octanol–water partition coefficient (Wildman–Crippen LogP) is 1.28. The maximum atomic E-state index is 5.84. The van der Waals surface area contributed by atoms with E-state index >= 15 is 0 Å². The van der Waals surface area contributed by atoms with Gasteiger partial charge in [0.25, 0.3) is 0 Å². The molecule has 0 aromatic carbocycles. The first-order valence-electron chi connectivity index (χ1n) is 7.65. The summed E-state index contributed by atoms with van der Waals surface area (Å²) in [4.78, 5) is 15.4. The molecule has 4 heterocycles. The van der Waals surface area contributed by atoms with Crippen LogP contribution in [-0.2, 0) is 9.47 Å². The van der Waals surface area contributed by atoms with Gasteiger partial charge < -0.3 is 14.2 Å². The maximum absolute atomic E-state index is 5.84. The molecular formula is C16H18N4O3. The van der Waals surface area contributed by atoms with Crippen molar-refractivity contribution in [2.75, 3.05) is 33.4 Å². The molecule has 4 rings (SSSR count). The molecule has 0 amide bonds. The van der Waals surface area contributed by atoms with Crippen LogP contribution in [0.4, 0.5) is 0 Å². The van der Waals surface area contributed by atoms with E-state index in [2.05, 4.69) is 26.9 Å². The number of rotatable bonds is 4. The molecule has 0 N–H and O–H groups in total. The second kappa shape index (κ2) is 6.19. The van der Waals surface area contributed by atoms with E-state index in [0.717, 1.165) is 18.7 Å². The molecule has 7 heteroatoms. The molecule has 0 bridgehead atoms. The van der Waals surface area contributed by atoms with Gasteiger partial charge in [-0.2, -0.15) is 0 Å². The fourth-order valence-corrected chi connectivity index (χ4v) is 2.77. The number of nitrogens with zero attached hydrogens (tertiary/aromatic N) is 4. The summed E-state index contributed by atoms with van der Waals surface area (Å²) < 4.78 is 17.0. The van der Waals surface area contributed by atoms with Crippen molar-refractivity contribution in [2.24, 2.45) is 0 Å². The Morgan fingerprint density at radius 2 is 2.04 bits per heavy atom. The molecule has 120 valence electrons. The third kappa shape index (κ3) is 3.03. The van der Waals surface area contributed by atoms with Crippen molar-refractivity contribution in [3.05, 3.63) is 36.3 Å². The molecule has 2 aliphatic heterocycles. The molecule has 23 heavy (non-hydrogen) atoms. The Balaban J connectivity index is 1.60. The van der Waals surface area contributed by atoms with Gasteiger partial charge in [0.1, 0.15) is 11.8 Å². The Kier molecular flexibility index (Phi) is 3.90. The van der Waals surface area contributed by atoms with Crippen LogP contribution in [0.3, 0.4) is 0 Å². The van der Waals surface area contributed by atoms with Crippen LogP contribution in [0.5, 0.6) is 5.88 Å². The van der Waals surface area contributed by atoms with Crippen LogP contribution in [0.2, 0.25) is 0 Å². The molecule has 2 aromatic heterocycles. The molecule has 0 atom stereocenters. The smallest absolute Gasteiger partial charge is 0.233 e. The third-order valence-corrected chi connectivity index (χ3v) is 3.89. The second-order valence-electron chi connectivity index (χ2n) is 5.72. The Morgan fingerprint density at radius 1 is 1.22 bits per heavy atom. The topological polar surface area (TPSA) is 69.6 Å². The summed E-state index contributed by atoms with van der Waals surface area (Å²) in [5.74, 6) is 0.519. The number of ether oxygens (including phenoxy) is 3. The van der Waals surface area contributed by atoms with Crippen LogP contribution >= 0.6 is 0 Å². The van der Waals surface area contributed by atoms with E-state index in [1.807, 2.05) is 12.1 Å². The van der Waals surface area contributed by atoms with E-state index in [1.165, 1.54) is 0 Å². The minimum atomic E-state index is -0.398. The first-order valence-corrected chi connectivity index (χ1v) is 7.65. The Hall–Kier alpha value is -2.09. The highest BCUT2D eigenvalue weighted by molar-refractivity contribution is 5.58. The SMILES string of the molecule is CN1CC(Oc2cncc(-c3ncccc3C3OCCO3)n2)C1. The van der Waals surface area contributed by atoms with Crippen LogP contribution in [0.25, 0.3) is 11.4 Å². The Morgan fingerprint density at radius 3 is 2.83 bits per heavy atom. The summed E-state index contributed by atoms with van der Waals surface area (Å²) in [7, 11) is 2.06. The van der Waals surface area contributed by atoms with E-state index in [0.29, 0.717) is 30.5 Å². The van der Waals surface area contributed by atoms with E-state index < -0.39 is 6.29 Å². The number of hydrogen-bond acceptors (Lipinski definition) is 7. The monoisotopic (exact) mass is 314 g/mol. The summed E-state index contributed by atoms with van der Waals surface area (Å²) >= 11 is 0. The van der Waals surface area contributed by atoms with Gasteiger partial charge in [-0.05, 0) is 13.1 Å². The fourth-order valence-electron chi connectivity index (χ4n) is 2.77. The number of likely N-dealkylation sites (N-methyl/N-ethyl adjacent to an activating group) is 1. The first-order chi connectivity index (χ1) is 11.3. The molecular weight excluding hydrogens is 296 g/mol. The van der Waals surface area contributed by atoms with Crippen LogP contribution in [0.1, 0.15) is 11.9 Å². The number of hydrogen-bond donors (Lipinski definition) is 0. The molecule has 0 aliphatic carbocycles. The molecule has 0 saturated carbocycles. The average Bonchev–Trinajstić information content (AvgIpc) is 3.08. The Labute approximate surface area is 134 Å². The molecule has 2 aliphatic rings. The zero-order valence-electron chi connectivity index (χ0n) is 12.9. The van der Waals surface area contributed by atoms with Gasteiger partial charge in [0.05, 0.1) is 31.3 Å². The van der Waals surface area contributed by atoms with Crippen molar-refractivity contribution >= 4 is 0 Å². The van der Waals surface area contributed by atoms with Crippen LogP contribution < -0.4 is 4.74 Å². The quantitative estimate of drug-likeness (QED) is 0.842. The summed E-state index contributed by atoms with van der Waals surface area (Å²) in [6.45, 7) is 2.99. The van der Waals surface area contributed by atoms with Gasteiger partial charge in [-0.15, -0.1) is 0 Å². The van der Waals surface area contributed by atoms with E-state index in [1.54, 1.807) is 18.6 Å². The predicted molar refractivity (Wildman–Crippen MR) is 81.8 cm³/mol. The van der Waals surface area contributed by atoms with Crippen molar-refractivity contribution in [3.8, 4) is 17.3 Å². The number of likely N-dealkylation sites (tertiary alicyclic amines) is 1. The van der Waals surface area contributed by atoms with Crippen molar-refractivity contribution < 1.29 is 14.2 Å². The number of aromatic nitrogens is 3. The van der Waals surface area contributed by atoms with Gasteiger partial charge in [0.15, 0.2) is 6.29 Å². The lowest BCUT2D eigenvalue weighted by Crippen LogP contribution is -2.51. The molecule has 7 nitrogen and oxygen atoms in total. The largest absolute Gasteiger partial charge is 0.471 e. The lowest BCUT2D eigenvalue weighted by molar-refractivity contribution is -0.0439. The standard InChI is InChI=1S/C16H18N4O3/c1-20-9-11(10-20)23-14-8-17-7-13(19-14)15-12(3-2-4-18-15)16-21-5-6-22-16/h2-4,7-8,11,16H,5-6,9-10H2,1H3. The molecule has 0 spiro atoms. The molecule has 2 aromatic rings. The highest BCUT2D eigenvalue weighted by Gasteiger charge is 2.26. The fraction of sp³-hybridized carbons (Fsp3) is 0.438. The minimum absolute atomic E-state index is 0.175. The molecule has 0 radical (unpaired) electrons.